The molecule has 0 radical (unpaired) electrons. The average molecular weight is 390 g/mol. The van der Waals surface area contributed by atoms with Crippen LogP contribution < -0.4 is 10.0 Å². The zero-order valence-corrected chi connectivity index (χ0v) is 16.4. The Morgan fingerprint density at radius 1 is 0.889 bits per heavy atom. The lowest BCUT2D eigenvalue weighted by Crippen LogP contribution is -2.40. The largest absolute Gasteiger partial charge is 0.465 e. The Bertz CT molecular complexity index is 928. The SMILES string of the molecule is COC(=O)c1ccc(NC(=O)c2ccc(S(=O)(=O)NC(C)(C)C)cc2)cc1. The van der Waals surface area contributed by atoms with E-state index in [0.29, 0.717) is 16.8 Å². The molecule has 0 saturated carbocycles. The van der Waals surface area contributed by atoms with Gasteiger partial charge in [-0.1, -0.05) is 0 Å². The van der Waals surface area contributed by atoms with Crippen molar-refractivity contribution in [3.8, 4) is 0 Å². The third-order valence-electron chi connectivity index (χ3n) is 3.43. The molecule has 2 aromatic carbocycles. The fourth-order valence-corrected chi connectivity index (χ4v) is 3.68. The van der Waals surface area contributed by atoms with Gasteiger partial charge in [0.1, 0.15) is 0 Å². The van der Waals surface area contributed by atoms with Crippen molar-refractivity contribution in [3.05, 3.63) is 59.7 Å². The molecule has 0 fully saturated rings. The maximum Gasteiger partial charge on any atom is 0.337 e. The van der Waals surface area contributed by atoms with Gasteiger partial charge < -0.3 is 10.1 Å². The minimum atomic E-state index is -3.66. The molecule has 0 saturated heterocycles. The predicted molar refractivity (Wildman–Crippen MR) is 102 cm³/mol. The summed E-state index contributed by atoms with van der Waals surface area (Å²) in [5.41, 5.74) is 0.572. The zero-order valence-electron chi connectivity index (χ0n) is 15.6. The Kier molecular flexibility index (Phi) is 6.02. The molecule has 144 valence electrons. The standard InChI is InChI=1S/C19H22N2O5S/c1-19(2,3)21-27(24,25)16-11-7-13(8-12-16)17(22)20-15-9-5-14(6-10-15)18(23)26-4/h5-12,21H,1-4H3,(H,20,22). The van der Waals surface area contributed by atoms with Crippen LogP contribution in [0.15, 0.2) is 53.4 Å². The van der Waals surface area contributed by atoms with Crippen molar-refractivity contribution in [3.63, 3.8) is 0 Å². The van der Waals surface area contributed by atoms with E-state index in [1.807, 2.05) is 0 Å². The van der Waals surface area contributed by atoms with Crippen LogP contribution in [0.1, 0.15) is 41.5 Å². The molecule has 0 bridgehead atoms. The molecule has 0 aliphatic heterocycles. The van der Waals surface area contributed by atoms with Gasteiger partial charge in [-0.2, -0.15) is 0 Å². The summed E-state index contributed by atoms with van der Waals surface area (Å²) in [5, 5.41) is 2.68. The number of hydrogen-bond acceptors (Lipinski definition) is 5. The first-order valence-corrected chi connectivity index (χ1v) is 9.64. The lowest BCUT2D eigenvalue weighted by Gasteiger charge is -2.20. The van der Waals surface area contributed by atoms with Gasteiger partial charge in [0.2, 0.25) is 10.0 Å². The number of hydrogen-bond donors (Lipinski definition) is 2. The number of ether oxygens (including phenoxy) is 1. The highest BCUT2D eigenvalue weighted by atomic mass is 32.2. The first-order valence-electron chi connectivity index (χ1n) is 8.15. The molecule has 2 N–H and O–H groups in total. The van der Waals surface area contributed by atoms with Crippen LogP contribution in [0.2, 0.25) is 0 Å². The van der Waals surface area contributed by atoms with E-state index in [1.54, 1.807) is 32.9 Å². The summed E-state index contributed by atoms with van der Waals surface area (Å²) < 4.78 is 31.7. The van der Waals surface area contributed by atoms with Crippen molar-refractivity contribution in [2.45, 2.75) is 31.2 Å². The number of methoxy groups -OCH3 is 1. The quantitative estimate of drug-likeness (QED) is 0.765. The van der Waals surface area contributed by atoms with Gasteiger partial charge in [-0.25, -0.2) is 17.9 Å². The van der Waals surface area contributed by atoms with Gasteiger partial charge in [0.05, 0.1) is 17.6 Å². The number of carbonyl (C=O) groups is 2. The third kappa shape index (κ3) is 5.63. The van der Waals surface area contributed by atoms with Gasteiger partial charge in [-0.05, 0) is 69.3 Å². The topological polar surface area (TPSA) is 102 Å². The molecule has 8 heteroatoms. The summed E-state index contributed by atoms with van der Waals surface area (Å²) in [6.07, 6.45) is 0. The van der Waals surface area contributed by atoms with E-state index in [9.17, 15) is 18.0 Å². The van der Waals surface area contributed by atoms with Crippen LogP contribution in [-0.4, -0.2) is 32.9 Å². The fraction of sp³-hybridized carbons (Fsp3) is 0.263. The van der Waals surface area contributed by atoms with Gasteiger partial charge in [0.25, 0.3) is 5.91 Å². The monoisotopic (exact) mass is 390 g/mol. The number of amides is 1. The first-order chi connectivity index (χ1) is 12.5. The highest BCUT2D eigenvalue weighted by molar-refractivity contribution is 7.89. The average Bonchev–Trinajstić information content (AvgIpc) is 2.60. The molecule has 0 aliphatic carbocycles. The maximum absolute atomic E-state index is 12.3. The van der Waals surface area contributed by atoms with Gasteiger partial charge >= 0.3 is 5.97 Å². The molecule has 2 rings (SSSR count). The number of esters is 1. The first kappa shape index (κ1) is 20.6. The minimum absolute atomic E-state index is 0.0800. The summed E-state index contributed by atoms with van der Waals surface area (Å²) in [6.45, 7) is 5.24. The van der Waals surface area contributed by atoms with Crippen LogP contribution in [-0.2, 0) is 14.8 Å². The molecule has 27 heavy (non-hydrogen) atoms. The van der Waals surface area contributed by atoms with Crippen LogP contribution in [0.25, 0.3) is 0 Å². The zero-order chi connectivity index (χ0) is 20.2. The van der Waals surface area contributed by atoms with Crippen LogP contribution in [0.3, 0.4) is 0 Å². The molecule has 0 unspecified atom stereocenters. The van der Waals surface area contributed by atoms with E-state index in [1.165, 1.54) is 43.5 Å². The Hall–Kier alpha value is -2.71. The fourth-order valence-electron chi connectivity index (χ4n) is 2.26. The minimum Gasteiger partial charge on any atom is -0.465 e. The summed E-state index contributed by atoms with van der Waals surface area (Å²) in [6, 6.07) is 11.9. The number of rotatable bonds is 5. The van der Waals surface area contributed by atoms with Gasteiger partial charge in [-0.3, -0.25) is 4.79 Å². The second-order valence-corrected chi connectivity index (χ2v) is 8.59. The van der Waals surface area contributed by atoms with E-state index >= 15 is 0 Å². The number of anilines is 1. The molecular formula is C19H22N2O5S. The Morgan fingerprint density at radius 3 is 1.89 bits per heavy atom. The van der Waals surface area contributed by atoms with Crippen LogP contribution in [0.4, 0.5) is 5.69 Å². The van der Waals surface area contributed by atoms with Crippen molar-refractivity contribution in [2.75, 3.05) is 12.4 Å². The van der Waals surface area contributed by atoms with E-state index < -0.39 is 27.4 Å². The summed E-state index contributed by atoms with van der Waals surface area (Å²) in [7, 11) is -2.37. The van der Waals surface area contributed by atoms with Crippen molar-refractivity contribution in [1.29, 1.82) is 0 Å². The third-order valence-corrected chi connectivity index (χ3v) is 5.21. The summed E-state index contributed by atoms with van der Waals surface area (Å²) in [5.74, 6) is -0.859. The molecule has 0 spiro atoms. The van der Waals surface area contributed by atoms with E-state index in [4.69, 9.17) is 0 Å². The summed E-state index contributed by atoms with van der Waals surface area (Å²) in [4.78, 5) is 23.8. The van der Waals surface area contributed by atoms with E-state index in [0.717, 1.165) is 0 Å². The molecule has 2 aromatic rings. The number of sulfonamides is 1. The van der Waals surface area contributed by atoms with Gasteiger partial charge in [0.15, 0.2) is 0 Å². The van der Waals surface area contributed by atoms with Crippen LogP contribution in [0.5, 0.6) is 0 Å². The smallest absolute Gasteiger partial charge is 0.337 e. The Morgan fingerprint density at radius 2 is 1.41 bits per heavy atom. The van der Waals surface area contributed by atoms with Crippen molar-refractivity contribution >= 4 is 27.6 Å². The van der Waals surface area contributed by atoms with Gasteiger partial charge in [-0.15, -0.1) is 0 Å². The van der Waals surface area contributed by atoms with Gasteiger partial charge in [0, 0.05) is 16.8 Å². The Labute approximate surface area is 158 Å². The molecule has 0 heterocycles. The molecular weight excluding hydrogens is 368 g/mol. The highest BCUT2D eigenvalue weighted by Gasteiger charge is 2.22. The molecule has 0 aliphatic rings. The summed E-state index contributed by atoms with van der Waals surface area (Å²) >= 11 is 0. The molecule has 7 nitrogen and oxygen atoms in total. The number of carbonyl (C=O) groups excluding carboxylic acids is 2. The molecule has 0 atom stereocenters. The predicted octanol–water partition coefficient (Wildman–Crippen LogP) is 2.80. The van der Waals surface area contributed by atoms with Crippen molar-refractivity contribution in [2.24, 2.45) is 0 Å². The number of nitrogens with one attached hydrogen (secondary N) is 2. The Balaban J connectivity index is 2.11. The van der Waals surface area contributed by atoms with E-state index in [-0.39, 0.29) is 4.90 Å². The van der Waals surface area contributed by atoms with Crippen LogP contribution >= 0.6 is 0 Å². The molecule has 0 aromatic heterocycles. The second kappa shape index (κ2) is 7.89. The lowest BCUT2D eigenvalue weighted by atomic mass is 10.1. The maximum atomic E-state index is 12.3. The normalized spacial score (nSPS) is 11.7. The van der Waals surface area contributed by atoms with E-state index in [2.05, 4.69) is 14.8 Å². The van der Waals surface area contributed by atoms with Crippen LogP contribution in [0, 0.1) is 0 Å². The second-order valence-electron chi connectivity index (χ2n) is 6.90. The lowest BCUT2D eigenvalue weighted by molar-refractivity contribution is 0.0600. The van der Waals surface area contributed by atoms with Crippen molar-refractivity contribution in [1.82, 2.24) is 4.72 Å². The van der Waals surface area contributed by atoms with Crippen molar-refractivity contribution < 1.29 is 22.7 Å². The number of benzene rings is 2. The highest BCUT2D eigenvalue weighted by Crippen LogP contribution is 2.16. The molecule has 1 amide bonds.